The molecule has 1 saturated heterocycles. The van der Waals surface area contributed by atoms with E-state index in [1.165, 1.54) is 13.8 Å². The number of carbonyl (C=O) groups is 2. The van der Waals surface area contributed by atoms with E-state index in [-0.39, 0.29) is 48.7 Å². The molecule has 5 heteroatoms. The van der Waals surface area contributed by atoms with E-state index in [1.54, 1.807) is 0 Å². The first-order chi connectivity index (χ1) is 8.32. The Morgan fingerprint density at radius 2 is 1.67 bits per heavy atom. The van der Waals surface area contributed by atoms with Gasteiger partial charge in [-0.25, -0.2) is 0 Å². The lowest BCUT2D eigenvalue weighted by molar-refractivity contribution is -0.202. The third-order valence-electron chi connectivity index (χ3n) is 3.60. The highest BCUT2D eigenvalue weighted by atomic mass is 16.6. The summed E-state index contributed by atoms with van der Waals surface area (Å²) in [6, 6.07) is 0. The second-order valence-electron chi connectivity index (χ2n) is 4.97. The lowest BCUT2D eigenvalue weighted by Gasteiger charge is -2.42. The van der Waals surface area contributed by atoms with E-state index in [0.717, 1.165) is 0 Å². The largest absolute Gasteiger partial charge is 0.463 e. The summed E-state index contributed by atoms with van der Waals surface area (Å²) in [5.74, 6) is -0.259. The molecule has 104 valence electrons. The third kappa shape index (κ3) is 3.70. The molecule has 0 aliphatic carbocycles. The molecule has 0 aromatic heterocycles. The van der Waals surface area contributed by atoms with E-state index in [1.807, 2.05) is 13.8 Å². The SMILES string of the molecule is CC(=O)OC[C@H]1OC(C)[C@H](C)[C@@H](C)[C@H]1OC(C)=O. The second kappa shape index (κ2) is 6.18. The van der Waals surface area contributed by atoms with Gasteiger partial charge in [0.25, 0.3) is 0 Å². The van der Waals surface area contributed by atoms with Crippen molar-refractivity contribution < 1.29 is 23.8 Å². The summed E-state index contributed by atoms with van der Waals surface area (Å²) in [5, 5.41) is 0. The van der Waals surface area contributed by atoms with Crippen LogP contribution in [-0.2, 0) is 23.8 Å². The normalized spacial score (nSPS) is 35.9. The number of hydrogen-bond acceptors (Lipinski definition) is 5. The molecule has 0 radical (unpaired) electrons. The van der Waals surface area contributed by atoms with Crippen LogP contribution in [-0.4, -0.2) is 36.9 Å². The van der Waals surface area contributed by atoms with E-state index in [4.69, 9.17) is 14.2 Å². The molecule has 0 aromatic carbocycles. The molecule has 1 heterocycles. The summed E-state index contributed by atoms with van der Waals surface area (Å²) in [6.07, 6.45) is -0.709. The molecule has 0 bridgehead atoms. The maximum absolute atomic E-state index is 11.1. The molecule has 5 atom stereocenters. The Labute approximate surface area is 108 Å². The van der Waals surface area contributed by atoms with Crippen molar-refractivity contribution in [1.29, 1.82) is 0 Å². The van der Waals surface area contributed by atoms with Gasteiger partial charge in [-0.15, -0.1) is 0 Å². The molecule has 0 amide bonds. The molecule has 18 heavy (non-hydrogen) atoms. The van der Waals surface area contributed by atoms with Crippen molar-refractivity contribution in [3.05, 3.63) is 0 Å². The molecule has 1 unspecified atom stereocenters. The minimum atomic E-state index is -0.390. The highest BCUT2D eigenvalue weighted by molar-refractivity contribution is 5.66. The van der Waals surface area contributed by atoms with Gasteiger partial charge in [0, 0.05) is 19.8 Å². The molecular weight excluding hydrogens is 236 g/mol. The van der Waals surface area contributed by atoms with Crippen molar-refractivity contribution in [2.75, 3.05) is 6.61 Å². The van der Waals surface area contributed by atoms with Gasteiger partial charge in [-0.05, 0) is 12.8 Å². The zero-order valence-corrected chi connectivity index (χ0v) is 11.6. The van der Waals surface area contributed by atoms with Gasteiger partial charge < -0.3 is 14.2 Å². The Kier molecular flexibility index (Phi) is 5.14. The van der Waals surface area contributed by atoms with Crippen LogP contribution in [0.15, 0.2) is 0 Å². The molecule has 0 saturated carbocycles. The minimum absolute atomic E-state index is 0.0485. The van der Waals surface area contributed by atoms with Crippen molar-refractivity contribution in [3.63, 3.8) is 0 Å². The van der Waals surface area contributed by atoms with Crippen LogP contribution >= 0.6 is 0 Å². The molecule has 1 fully saturated rings. The Morgan fingerprint density at radius 3 is 2.17 bits per heavy atom. The average Bonchev–Trinajstić information content (AvgIpc) is 2.27. The maximum Gasteiger partial charge on any atom is 0.303 e. The van der Waals surface area contributed by atoms with Gasteiger partial charge in [0.2, 0.25) is 0 Å². The highest BCUT2D eigenvalue weighted by Gasteiger charge is 2.42. The van der Waals surface area contributed by atoms with Crippen molar-refractivity contribution in [1.82, 2.24) is 0 Å². The maximum atomic E-state index is 11.1. The summed E-state index contributed by atoms with van der Waals surface area (Å²) in [6.45, 7) is 8.91. The zero-order valence-electron chi connectivity index (χ0n) is 11.6. The molecular formula is C13H22O5. The van der Waals surface area contributed by atoms with Crippen LogP contribution in [0.2, 0.25) is 0 Å². The summed E-state index contributed by atoms with van der Waals surface area (Å²) < 4.78 is 16.1. The second-order valence-corrected chi connectivity index (χ2v) is 4.97. The van der Waals surface area contributed by atoms with E-state index in [0.29, 0.717) is 0 Å². The molecule has 0 aromatic rings. The third-order valence-corrected chi connectivity index (χ3v) is 3.60. The van der Waals surface area contributed by atoms with Crippen LogP contribution in [0.25, 0.3) is 0 Å². The molecule has 0 spiro atoms. The predicted molar refractivity (Wildman–Crippen MR) is 64.9 cm³/mol. The summed E-state index contributed by atoms with van der Waals surface area (Å²) in [7, 11) is 0. The van der Waals surface area contributed by atoms with E-state index >= 15 is 0 Å². The van der Waals surface area contributed by atoms with E-state index in [2.05, 4.69) is 6.92 Å². The topological polar surface area (TPSA) is 61.8 Å². The minimum Gasteiger partial charge on any atom is -0.463 e. The van der Waals surface area contributed by atoms with Crippen LogP contribution in [0.3, 0.4) is 0 Å². The van der Waals surface area contributed by atoms with Crippen molar-refractivity contribution in [2.45, 2.75) is 52.9 Å². The summed E-state index contributed by atoms with van der Waals surface area (Å²) >= 11 is 0. The first-order valence-corrected chi connectivity index (χ1v) is 6.29. The van der Waals surface area contributed by atoms with E-state index in [9.17, 15) is 9.59 Å². The fourth-order valence-electron chi connectivity index (χ4n) is 2.25. The highest BCUT2D eigenvalue weighted by Crippen LogP contribution is 2.32. The van der Waals surface area contributed by atoms with Crippen molar-refractivity contribution in [3.8, 4) is 0 Å². The molecule has 1 aliphatic heterocycles. The van der Waals surface area contributed by atoms with Gasteiger partial charge in [0.15, 0.2) is 0 Å². The molecule has 0 N–H and O–H groups in total. The van der Waals surface area contributed by atoms with Crippen LogP contribution in [0.1, 0.15) is 34.6 Å². The molecule has 1 rings (SSSR count). The Morgan fingerprint density at radius 1 is 1.06 bits per heavy atom. The zero-order chi connectivity index (χ0) is 13.9. The van der Waals surface area contributed by atoms with Crippen molar-refractivity contribution >= 4 is 11.9 Å². The Hall–Kier alpha value is -1.10. The quantitative estimate of drug-likeness (QED) is 0.719. The number of rotatable bonds is 3. The van der Waals surface area contributed by atoms with Gasteiger partial charge in [-0.1, -0.05) is 13.8 Å². The number of esters is 2. The van der Waals surface area contributed by atoms with E-state index < -0.39 is 0 Å². The first-order valence-electron chi connectivity index (χ1n) is 6.29. The molecule has 1 aliphatic rings. The van der Waals surface area contributed by atoms with Crippen LogP contribution < -0.4 is 0 Å². The average molecular weight is 258 g/mol. The van der Waals surface area contributed by atoms with Crippen LogP contribution in [0, 0.1) is 11.8 Å². The first kappa shape index (κ1) is 15.0. The van der Waals surface area contributed by atoms with Crippen LogP contribution in [0.4, 0.5) is 0 Å². The lowest BCUT2D eigenvalue weighted by atomic mass is 9.82. The van der Waals surface area contributed by atoms with Gasteiger partial charge in [-0.2, -0.15) is 0 Å². The standard InChI is InChI=1S/C13H22O5/c1-7-8(2)13(18-11(5)15)12(17-9(7)3)6-16-10(4)14/h7-9,12-13H,6H2,1-5H3/t7-,8-,9?,12-,13-/m1/s1. The van der Waals surface area contributed by atoms with Crippen LogP contribution in [0.5, 0.6) is 0 Å². The van der Waals surface area contributed by atoms with Crippen molar-refractivity contribution in [2.24, 2.45) is 11.8 Å². The fourth-order valence-corrected chi connectivity index (χ4v) is 2.25. The summed E-state index contributed by atoms with van der Waals surface area (Å²) in [4.78, 5) is 22.0. The summed E-state index contributed by atoms with van der Waals surface area (Å²) in [5.41, 5.74) is 0. The molecule has 5 nitrogen and oxygen atoms in total. The Balaban J connectivity index is 2.75. The van der Waals surface area contributed by atoms with Gasteiger partial charge in [-0.3, -0.25) is 9.59 Å². The van der Waals surface area contributed by atoms with Gasteiger partial charge in [0.1, 0.15) is 18.8 Å². The predicted octanol–water partition coefficient (Wildman–Crippen LogP) is 1.54. The lowest BCUT2D eigenvalue weighted by Crippen LogP contribution is -2.52. The fraction of sp³-hybridized carbons (Fsp3) is 0.846. The number of carbonyl (C=O) groups excluding carboxylic acids is 2. The monoisotopic (exact) mass is 258 g/mol. The number of ether oxygens (including phenoxy) is 3. The Bertz CT molecular complexity index is 315. The smallest absolute Gasteiger partial charge is 0.303 e. The number of hydrogen-bond donors (Lipinski definition) is 0. The van der Waals surface area contributed by atoms with Gasteiger partial charge >= 0.3 is 11.9 Å². The van der Waals surface area contributed by atoms with Gasteiger partial charge in [0.05, 0.1) is 6.10 Å².